The van der Waals surface area contributed by atoms with Gasteiger partial charge in [-0.3, -0.25) is 0 Å². The van der Waals surface area contributed by atoms with Gasteiger partial charge in [-0.1, -0.05) is 50.2 Å². The standard InChI is InChI=1S/C17H19FO/c1-12(2)9-13-3-5-14(6-4-13)15-7-8-16(11-19)17(18)10-15/h3-8,10,12,19H,9,11H2,1-2H3. The van der Waals surface area contributed by atoms with Gasteiger partial charge in [0.05, 0.1) is 6.61 Å². The minimum absolute atomic E-state index is 0.264. The number of halogens is 1. The summed E-state index contributed by atoms with van der Waals surface area (Å²) in [4.78, 5) is 0. The SMILES string of the molecule is CC(C)Cc1ccc(-c2ccc(CO)c(F)c2)cc1. The minimum atomic E-state index is -0.355. The topological polar surface area (TPSA) is 20.2 Å². The van der Waals surface area contributed by atoms with Crippen LogP contribution in [0.15, 0.2) is 42.5 Å². The molecule has 0 saturated heterocycles. The van der Waals surface area contributed by atoms with Crippen molar-refractivity contribution in [1.82, 2.24) is 0 Å². The number of hydrogen-bond acceptors (Lipinski definition) is 1. The van der Waals surface area contributed by atoms with Gasteiger partial charge in [0, 0.05) is 5.56 Å². The van der Waals surface area contributed by atoms with E-state index in [9.17, 15) is 4.39 Å². The molecule has 2 aromatic rings. The molecule has 0 spiro atoms. The van der Waals surface area contributed by atoms with Gasteiger partial charge in [-0.2, -0.15) is 0 Å². The second-order valence-electron chi connectivity index (χ2n) is 5.26. The highest BCUT2D eigenvalue weighted by molar-refractivity contribution is 5.64. The van der Waals surface area contributed by atoms with Crippen LogP contribution in [0.5, 0.6) is 0 Å². The first kappa shape index (κ1) is 13.8. The van der Waals surface area contributed by atoms with Crippen LogP contribution in [0.3, 0.4) is 0 Å². The maximum atomic E-state index is 13.6. The molecule has 2 rings (SSSR count). The second kappa shape index (κ2) is 5.98. The van der Waals surface area contributed by atoms with Gasteiger partial charge >= 0.3 is 0 Å². The van der Waals surface area contributed by atoms with Crippen LogP contribution >= 0.6 is 0 Å². The van der Waals surface area contributed by atoms with Crippen molar-refractivity contribution < 1.29 is 9.50 Å². The van der Waals surface area contributed by atoms with Crippen LogP contribution in [-0.2, 0) is 13.0 Å². The summed E-state index contributed by atoms with van der Waals surface area (Å²) < 4.78 is 13.6. The Hall–Kier alpha value is -1.67. The Kier molecular flexibility index (Phi) is 4.33. The summed E-state index contributed by atoms with van der Waals surface area (Å²) >= 11 is 0. The number of aliphatic hydroxyl groups is 1. The normalized spacial score (nSPS) is 11.0. The molecule has 0 unspecified atom stereocenters. The van der Waals surface area contributed by atoms with Crippen molar-refractivity contribution in [3.63, 3.8) is 0 Å². The van der Waals surface area contributed by atoms with E-state index in [1.165, 1.54) is 11.6 Å². The molecule has 0 aliphatic heterocycles. The first-order chi connectivity index (χ1) is 9.10. The van der Waals surface area contributed by atoms with Gasteiger partial charge in [0.15, 0.2) is 0 Å². The zero-order valence-electron chi connectivity index (χ0n) is 11.4. The molecule has 1 N–H and O–H groups in total. The fraction of sp³-hybridized carbons (Fsp3) is 0.294. The number of aliphatic hydroxyl groups excluding tert-OH is 1. The quantitative estimate of drug-likeness (QED) is 0.872. The zero-order chi connectivity index (χ0) is 13.8. The van der Waals surface area contributed by atoms with Gasteiger partial charge in [-0.05, 0) is 35.1 Å². The Morgan fingerprint density at radius 1 is 1.00 bits per heavy atom. The summed E-state index contributed by atoms with van der Waals surface area (Å²) in [6.45, 7) is 4.12. The van der Waals surface area contributed by atoms with Gasteiger partial charge in [-0.25, -0.2) is 4.39 Å². The monoisotopic (exact) mass is 258 g/mol. The third kappa shape index (κ3) is 3.42. The average molecular weight is 258 g/mol. The van der Waals surface area contributed by atoms with Crippen LogP contribution in [0, 0.1) is 11.7 Å². The van der Waals surface area contributed by atoms with E-state index < -0.39 is 0 Å². The lowest BCUT2D eigenvalue weighted by atomic mass is 9.98. The zero-order valence-corrected chi connectivity index (χ0v) is 11.4. The van der Waals surface area contributed by atoms with E-state index in [2.05, 4.69) is 26.0 Å². The highest BCUT2D eigenvalue weighted by Crippen LogP contribution is 2.23. The van der Waals surface area contributed by atoms with Crippen molar-refractivity contribution in [2.24, 2.45) is 5.92 Å². The first-order valence-electron chi connectivity index (χ1n) is 6.58. The molecule has 2 aromatic carbocycles. The molecule has 0 aliphatic rings. The van der Waals surface area contributed by atoms with Crippen LogP contribution in [-0.4, -0.2) is 5.11 Å². The van der Waals surface area contributed by atoms with E-state index in [1.54, 1.807) is 6.07 Å². The molecule has 2 heteroatoms. The molecular weight excluding hydrogens is 239 g/mol. The Balaban J connectivity index is 2.24. The highest BCUT2D eigenvalue weighted by Gasteiger charge is 2.05. The van der Waals surface area contributed by atoms with Crippen LogP contribution in [0.2, 0.25) is 0 Å². The van der Waals surface area contributed by atoms with Crippen molar-refractivity contribution in [3.8, 4) is 11.1 Å². The highest BCUT2D eigenvalue weighted by atomic mass is 19.1. The number of hydrogen-bond donors (Lipinski definition) is 1. The molecule has 100 valence electrons. The van der Waals surface area contributed by atoms with Crippen LogP contribution in [0.4, 0.5) is 4.39 Å². The molecule has 0 saturated carbocycles. The summed E-state index contributed by atoms with van der Waals surface area (Å²) in [7, 11) is 0. The summed E-state index contributed by atoms with van der Waals surface area (Å²) in [6, 6.07) is 13.2. The predicted octanol–water partition coefficient (Wildman–Crippen LogP) is 4.18. The maximum absolute atomic E-state index is 13.6. The predicted molar refractivity (Wildman–Crippen MR) is 76.3 cm³/mol. The third-order valence-corrected chi connectivity index (χ3v) is 3.15. The minimum Gasteiger partial charge on any atom is -0.392 e. The molecule has 0 amide bonds. The third-order valence-electron chi connectivity index (χ3n) is 3.15. The van der Waals surface area contributed by atoms with Gasteiger partial charge in [0.25, 0.3) is 0 Å². The van der Waals surface area contributed by atoms with E-state index in [4.69, 9.17) is 5.11 Å². The molecule has 0 heterocycles. The van der Waals surface area contributed by atoms with E-state index in [0.29, 0.717) is 11.5 Å². The van der Waals surface area contributed by atoms with E-state index in [-0.39, 0.29) is 12.4 Å². The lowest BCUT2D eigenvalue weighted by molar-refractivity contribution is 0.276. The average Bonchev–Trinajstić information content (AvgIpc) is 2.39. The summed E-state index contributed by atoms with van der Waals surface area (Å²) in [6.07, 6.45) is 1.05. The van der Waals surface area contributed by atoms with E-state index >= 15 is 0 Å². The van der Waals surface area contributed by atoms with Crippen LogP contribution in [0.1, 0.15) is 25.0 Å². The van der Waals surface area contributed by atoms with Crippen LogP contribution in [0.25, 0.3) is 11.1 Å². The smallest absolute Gasteiger partial charge is 0.129 e. The maximum Gasteiger partial charge on any atom is 0.129 e. The summed E-state index contributed by atoms with van der Waals surface area (Å²) in [5, 5.41) is 8.96. The molecule has 0 bridgehead atoms. The van der Waals surface area contributed by atoms with Crippen molar-refractivity contribution >= 4 is 0 Å². The molecule has 0 aliphatic carbocycles. The van der Waals surface area contributed by atoms with E-state index in [0.717, 1.165) is 17.5 Å². The Bertz CT molecular complexity index is 544. The van der Waals surface area contributed by atoms with Crippen molar-refractivity contribution in [2.75, 3.05) is 0 Å². The molecule has 19 heavy (non-hydrogen) atoms. The van der Waals surface area contributed by atoms with Crippen LogP contribution < -0.4 is 0 Å². The fourth-order valence-corrected chi connectivity index (χ4v) is 2.16. The summed E-state index contributed by atoms with van der Waals surface area (Å²) in [5.41, 5.74) is 3.47. The Labute approximate surface area is 113 Å². The molecule has 0 fully saturated rings. The molecular formula is C17H19FO. The van der Waals surface area contributed by atoms with Gasteiger partial charge in [0.1, 0.15) is 5.82 Å². The Morgan fingerprint density at radius 2 is 1.63 bits per heavy atom. The number of benzene rings is 2. The van der Waals surface area contributed by atoms with Crippen molar-refractivity contribution in [2.45, 2.75) is 26.9 Å². The molecule has 0 atom stereocenters. The first-order valence-corrected chi connectivity index (χ1v) is 6.58. The van der Waals surface area contributed by atoms with Gasteiger partial charge in [-0.15, -0.1) is 0 Å². The van der Waals surface area contributed by atoms with Gasteiger partial charge in [0.2, 0.25) is 0 Å². The second-order valence-corrected chi connectivity index (χ2v) is 5.26. The molecule has 0 aromatic heterocycles. The van der Waals surface area contributed by atoms with Gasteiger partial charge < -0.3 is 5.11 Å². The Morgan fingerprint density at radius 3 is 2.16 bits per heavy atom. The largest absolute Gasteiger partial charge is 0.392 e. The van der Waals surface area contributed by atoms with E-state index in [1.807, 2.05) is 18.2 Å². The lowest BCUT2D eigenvalue weighted by Gasteiger charge is -2.08. The fourth-order valence-electron chi connectivity index (χ4n) is 2.16. The number of rotatable bonds is 4. The lowest BCUT2D eigenvalue weighted by Crippen LogP contribution is -1.94. The molecule has 0 radical (unpaired) electrons. The van der Waals surface area contributed by atoms with Crippen molar-refractivity contribution in [1.29, 1.82) is 0 Å². The molecule has 1 nitrogen and oxygen atoms in total. The van der Waals surface area contributed by atoms with Crippen molar-refractivity contribution in [3.05, 3.63) is 59.4 Å². The summed E-state index contributed by atoms with van der Waals surface area (Å²) in [5.74, 6) is 0.276.